The normalized spacial score (nSPS) is 26.9. The molecule has 12 heavy (non-hydrogen) atoms. The molecule has 0 aromatic heterocycles. The van der Waals surface area contributed by atoms with Crippen LogP contribution in [0.5, 0.6) is 0 Å². The first kappa shape index (κ1) is 12.2. The number of ketones is 1. The summed E-state index contributed by atoms with van der Waals surface area (Å²) in [5.41, 5.74) is 0.503. The molecule has 1 aliphatic rings. The van der Waals surface area contributed by atoms with E-state index in [1.807, 2.05) is 0 Å². The van der Waals surface area contributed by atoms with Crippen molar-refractivity contribution in [3.05, 3.63) is 11.8 Å². The number of carbonyl (C=O) groups is 1. The Morgan fingerprint density at radius 3 is 2.83 bits per heavy atom. The van der Waals surface area contributed by atoms with Crippen molar-refractivity contribution < 1.29 is 39.5 Å². The summed E-state index contributed by atoms with van der Waals surface area (Å²) in [7, 11) is 0. The molecule has 62 valence electrons. The maximum Gasteiger partial charge on any atom is 1.00 e. The van der Waals surface area contributed by atoms with Gasteiger partial charge in [0.05, 0.1) is 0 Å². The van der Waals surface area contributed by atoms with E-state index in [1.165, 1.54) is 0 Å². The average Bonchev–Trinajstić information content (AvgIpc) is 2.05. The minimum Gasteiger partial charge on any atom is -0.878 e. The molecule has 1 rings (SSSR count). The van der Waals surface area contributed by atoms with Crippen LogP contribution in [0.3, 0.4) is 0 Å². The Hall–Kier alpha value is 0.210. The first-order valence-electron chi connectivity index (χ1n) is 4.12. The Bertz CT molecular complexity index is 187. The van der Waals surface area contributed by atoms with Crippen LogP contribution in [0, 0.1) is 5.92 Å². The zero-order valence-corrected chi connectivity index (χ0v) is 9.80. The minimum absolute atomic E-state index is 0. The van der Waals surface area contributed by atoms with Gasteiger partial charge in [0.2, 0.25) is 0 Å². The zero-order chi connectivity index (χ0) is 8.27. The van der Waals surface area contributed by atoms with Crippen molar-refractivity contribution >= 4 is 5.78 Å². The van der Waals surface area contributed by atoms with Crippen molar-refractivity contribution in [1.82, 2.24) is 0 Å². The molecule has 0 aromatic carbocycles. The van der Waals surface area contributed by atoms with Crippen LogP contribution in [0.15, 0.2) is 11.8 Å². The molecule has 1 saturated carbocycles. The molecule has 1 unspecified atom stereocenters. The van der Waals surface area contributed by atoms with Gasteiger partial charge in [-0.15, -0.1) is 6.26 Å². The standard InChI is InChI=1S/C9H14O2.Na/c1-2-7-3-4-9(11)8(5-7)6-10;/h6-7,10H,2-5H2,1H3;/q;+1/p-1. The molecule has 0 radical (unpaired) electrons. The van der Waals surface area contributed by atoms with Gasteiger partial charge in [-0.3, -0.25) is 4.79 Å². The van der Waals surface area contributed by atoms with E-state index >= 15 is 0 Å². The van der Waals surface area contributed by atoms with Crippen molar-refractivity contribution in [2.75, 3.05) is 0 Å². The second-order valence-electron chi connectivity index (χ2n) is 3.08. The quantitative estimate of drug-likeness (QED) is 0.264. The summed E-state index contributed by atoms with van der Waals surface area (Å²) < 4.78 is 0. The number of rotatable bonds is 1. The van der Waals surface area contributed by atoms with Crippen LogP contribution in [0.25, 0.3) is 0 Å². The Kier molecular flexibility index (Phi) is 5.89. The smallest absolute Gasteiger partial charge is 0.878 e. The van der Waals surface area contributed by atoms with Gasteiger partial charge < -0.3 is 5.11 Å². The summed E-state index contributed by atoms with van der Waals surface area (Å²) in [6.45, 7) is 2.10. The van der Waals surface area contributed by atoms with E-state index in [0.29, 0.717) is 24.3 Å². The van der Waals surface area contributed by atoms with Crippen LogP contribution >= 0.6 is 0 Å². The zero-order valence-electron chi connectivity index (χ0n) is 7.80. The third kappa shape index (κ3) is 2.92. The summed E-state index contributed by atoms with van der Waals surface area (Å²) in [5.74, 6) is 0.623. The van der Waals surface area contributed by atoms with Gasteiger partial charge in [0.1, 0.15) is 0 Å². The Morgan fingerprint density at radius 2 is 2.33 bits per heavy atom. The van der Waals surface area contributed by atoms with Gasteiger partial charge in [0.15, 0.2) is 5.78 Å². The van der Waals surface area contributed by atoms with Gasteiger partial charge in [-0.25, -0.2) is 0 Å². The summed E-state index contributed by atoms with van der Waals surface area (Å²) in [6.07, 6.45) is 4.05. The van der Waals surface area contributed by atoms with E-state index in [2.05, 4.69) is 6.92 Å². The first-order valence-corrected chi connectivity index (χ1v) is 4.12. The predicted octanol–water partition coefficient (Wildman–Crippen LogP) is -1.99. The Balaban J connectivity index is 0.00000121. The van der Waals surface area contributed by atoms with E-state index in [1.54, 1.807) is 0 Å². The van der Waals surface area contributed by atoms with E-state index < -0.39 is 0 Å². The third-order valence-electron chi connectivity index (χ3n) is 2.37. The third-order valence-corrected chi connectivity index (χ3v) is 2.37. The van der Waals surface area contributed by atoms with Crippen molar-refractivity contribution in [3.63, 3.8) is 0 Å². The summed E-state index contributed by atoms with van der Waals surface area (Å²) >= 11 is 0. The average molecular weight is 176 g/mol. The van der Waals surface area contributed by atoms with Crippen LogP contribution in [-0.4, -0.2) is 5.78 Å². The van der Waals surface area contributed by atoms with Gasteiger partial charge in [-0.2, -0.15) is 0 Å². The number of allylic oxidation sites excluding steroid dienone is 1. The monoisotopic (exact) mass is 176 g/mol. The van der Waals surface area contributed by atoms with Gasteiger partial charge in [0, 0.05) is 6.42 Å². The van der Waals surface area contributed by atoms with Crippen molar-refractivity contribution in [2.24, 2.45) is 5.92 Å². The van der Waals surface area contributed by atoms with Gasteiger partial charge in [-0.05, 0) is 24.3 Å². The predicted molar refractivity (Wildman–Crippen MR) is 40.7 cm³/mol. The molecule has 3 heteroatoms. The maximum atomic E-state index is 11.0. The fraction of sp³-hybridized carbons (Fsp3) is 0.667. The van der Waals surface area contributed by atoms with Crippen LogP contribution in [-0.2, 0) is 4.79 Å². The summed E-state index contributed by atoms with van der Waals surface area (Å²) in [6, 6.07) is 0. The number of carbonyl (C=O) groups excluding carboxylic acids is 1. The minimum atomic E-state index is 0. The van der Waals surface area contributed by atoms with E-state index in [0.717, 1.165) is 19.1 Å². The maximum absolute atomic E-state index is 11.0. The Morgan fingerprint density at radius 1 is 1.67 bits per heavy atom. The van der Waals surface area contributed by atoms with E-state index in [-0.39, 0.29) is 35.3 Å². The fourth-order valence-corrected chi connectivity index (χ4v) is 1.48. The molecule has 0 spiro atoms. The van der Waals surface area contributed by atoms with Crippen molar-refractivity contribution in [1.29, 1.82) is 0 Å². The second kappa shape index (κ2) is 5.79. The molecule has 2 nitrogen and oxygen atoms in total. The molecule has 0 aromatic rings. The summed E-state index contributed by atoms with van der Waals surface area (Å²) in [5, 5.41) is 10.4. The molecular weight excluding hydrogens is 163 g/mol. The first-order chi connectivity index (χ1) is 5.27. The van der Waals surface area contributed by atoms with Crippen molar-refractivity contribution in [3.8, 4) is 0 Å². The van der Waals surface area contributed by atoms with Crippen LogP contribution < -0.4 is 34.7 Å². The second-order valence-corrected chi connectivity index (χ2v) is 3.08. The molecule has 0 heterocycles. The molecule has 1 fully saturated rings. The molecule has 1 atom stereocenters. The van der Waals surface area contributed by atoms with Gasteiger partial charge in [-0.1, -0.05) is 13.3 Å². The number of Topliss-reactive ketones (excluding diaryl/α,β-unsaturated/α-hetero) is 1. The summed E-state index contributed by atoms with van der Waals surface area (Å²) in [4.78, 5) is 11.0. The van der Waals surface area contributed by atoms with E-state index in [9.17, 15) is 9.90 Å². The topological polar surface area (TPSA) is 40.1 Å². The van der Waals surface area contributed by atoms with Gasteiger partial charge in [0.25, 0.3) is 0 Å². The molecule has 1 aliphatic carbocycles. The molecular formula is C9H13NaO2. The SMILES string of the molecule is CCC1CCC(=O)C(=C[O-])C1.[Na+]. The number of hydrogen-bond acceptors (Lipinski definition) is 2. The fourth-order valence-electron chi connectivity index (χ4n) is 1.48. The van der Waals surface area contributed by atoms with E-state index in [4.69, 9.17) is 0 Å². The number of hydrogen-bond donors (Lipinski definition) is 0. The Labute approximate surface area is 95.3 Å². The molecule has 0 amide bonds. The van der Waals surface area contributed by atoms with Crippen LogP contribution in [0.4, 0.5) is 0 Å². The van der Waals surface area contributed by atoms with Crippen molar-refractivity contribution in [2.45, 2.75) is 32.6 Å². The molecule has 0 N–H and O–H groups in total. The molecule has 0 aliphatic heterocycles. The van der Waals surface area contributed by atoms with Crippen LogP contribution in [0.2, 0.25) is 0 Å². The molecule has 0 saturated heterocycles. The van der Waals surface area contributed by atoms with Crippen LogP contribution in [0.1, 0.15) is 32.6 Å². The van der Waals surface area contributed by atoms with Gasteiger partial charge >= 0.3 is 29.6 Å². The molecule has 0 bridgehead atoms. The largest absolute Gasteiger partial charge is 1.00 e.